The molecule has 0 unspecified atom stereocenters. The molecule has 2 aromatic carbocycles. The molecule has 8 heteroatoms. The van der Waals surface area contributed by atoms with E-state index in [1.54, 1.807) is 42.5 Å². The van der Waals surface area contributed by atoms with E-state index in [1.165, 1.54) is 6.21 Å². The van der Waals surface area contributed by atoms with Gasteiger partial charge >= 0.3 is 11.8 Å². The molecular weight excluding hydrogens is 382 g/mol. The standard InChI is InChI=1S/C20H22ClN3O4/c1-3-11-28-16-8-6-15(7-9-16)23-19(25)20(26)24-22-13-14-5-10-18(27-4-2)17(21)12-14/h5-10,12-13H,3-4,11H2,1-2H3,(H,23,25)(H,24,26)/b22-13-. The first-order valence-corrected chi connectivity index (χ1v) is 9.20. The predicted octanol–water partition coefficient (Wildman–Crippen LogP) is 3.62. The Labute approximate surface area is 168 Å². The number of carbonyl (C=O) groups is 2. The van der Waals surface area contributed by atoms with Crippen molar-refractivity contribution < 1.29 is 19.1 Å². The minimum Gasteiger partial charge on any atom is -0.494 e. The highest BCUT2D eigenvalue weighted by molar-refractivity contribution is 6.39. The van der Waals surface area contributed by atoms with Gasteiger partial charge in [0.1, 0.15) is 11.5 Å². The van der Waals surface area contributed by atoms with Crippen LogP contribution in [0.25, 0.3) is 0 Å². The first kappa shape index (κ1) is 21.2. The third-order valence-electron chi connectivity index (χ3n) is 3.43. The van der Waals surface area contributed by atoms with Crippen LogP contribution in [0.4, 0.5) is 5.69 Å². The minimum atomic E-state index is -0.889. The zero-order valence-corrected chi connectivity index (χ0v) is 16.5. The highest BCUT2D eigenvalue weighted by atomic mass is 35.5. The van der Waals surface area contributed by atoms with Gasteiger partial charge in [0.15, 0.2) is 0 Å². The molecule has 2 N–H and O–H groups in total. The third kappa shape index (κ3) is 6.59. The molecular formula is C20H22ClN3O4. The second-order valence-corrected chi connectivity index (χ2v) is 6.06. The molecule has 0 spiro atoms. The van der Waals surface area contributed by atoms with Gasteiger partial charge < -0.3 is 14.8 Å². The molecule has 0 saturated heterocycles. The summed E-state index contributed by atoms with van der Waals surface area (Å²) in [5, 5.41) is 6.68. The van der Waals surface area contributed by atoms with Crippen molar-refractivity contribution in [3.63, 3.8) is 0 Å². The largest absolute Gasteiger partial charge is 0.494 e. The Bertz CT molecular complexity index is 838. The number of nitrogens with zero attached hydrogens (tertiary/aromatic N) is 1. The van der Waals surface area contributed by atoms with Crippen molar-refractivity contribution >= 4 is 35.3 Å². The van der Waals surface area contributed by atoms with E-state index in [-0.39, 0.29) is 0 Å². The van der Waals surface area contributed by atoms with Crippen LogP contribution in [0.15, 0.2) is 47.6 Å². The maximum absolute atomic E-state index is 11.9. The molecule has 2 aromatic rings. The van der Waals surface area contributed by atoms with Gasteiger partial charge in [-0.15, -0.1) is 0 Å². The molecule has 0 radical (unpaired) electrons. The van der Waals surface area contributed by atoms with E-state index in [1.807, 2.05) is 13.8 Å². The quantitative estimate of drug-likeness (QED) is 0.400. The number of hydrogen-bond donors (Lipinski definition) is 2. The molecule has 7 nitrogen and oxygen atoms in total. The van der Waals surface area contributed by atoms with Crippen LogP contribution in [0.2, 0.25) is 5.02 Å². The van der Waals surface area contributed by atoms with Gasteiger partial charge in [0.25, 0.3) is 0 Å². The van der Waals surface area contributed by atoms with Crippen LogP contribution in [0.1, 0.15) is 25.8 Å². The predicted molar refractivity (Wildman–Crippen MR) is 109 cm³/mol. The molecule has 2 rings (SSSR count). The molecule has 0 aromatic heterocycles. The van der Waals surface area contributed by atoms with Gasteiger partial charge in [0, 0.05) is 5.69 Å². The lowest BCUT2D eigenvalue weighted by molar-refractivity contribution is -0.136. The Hall–Kier alpha value is -3.06. The van der Waals surface area contributed by atoms with Crippen molar-refractivity contribution in [1.82, 2.24) is 5.43 Å². The monoisotopic (exact) mass is 403 g/mol. The molecule has 0 aliphatic heterocycles. The lowest BCUT2D eigenvalue weighted by Gasteiger charge is -2.07. The van der Waals surface area contributed by atoms with E-state index in [4.69, 9.17) is 21.1 Å². The van der Waals surface area contributed by atoms with Gasteiger partial charge in [0.2, 0.25) is 0 Å². The Morgan fingerprint density at radius 3 is 2.46 bits per heavy atom. The summed E-state index contributed by atoms with van der Waals surface area (Å²) in [6.45, 7) is 5.00. The molecule has 0 aliphatic rings. The fraction of sp³-hybridized carbons (Fsp3) is 0.250. The number of rotatable bonds is 8. The number of ether oxygens (including phenoxy) is 2. The molecule has 2 amide bonds. The van der Waals surface area contributed by atoms with E-state index in [2.05, 4.69) is 15.8 Å². The Balaban J connectivity index is 1.86. The fourth-order valence-corrected chi connectivity index (χ4v) is 2.37. The van der Waals surface area contributed by atoms with Crippen LogP contribution >= 0.6 is 11.6 Å². The Morgan fingerprint density at radius 2 is 1.82 bits per heavy atom. The lowest BCUT2D eigenvalue weighted by atomic mass is 10.2. The van der Waals surface area contributed by atoms with Crippen LogP contribution in [-0.4, -0.2) is 31.2 Å². The first-order chi connectivity index (χ1) is 13.5. The van der Waals surface area contributed by atoms with Crippen LogP contribution in [0.3, 0.4) is 0 Å². The van der Waals surface area contributed by atoms with Crippen molar-refractivity contribution in [2.45, 2.75) is 20.3 Å². The summed E-state index contributed by atoms with van der Waals surface area (Å²) in [7, 11) is 0. The molecule has 0 saturated carbocycles. The average Bonchev–Trinajstić information content (AvgIpc) is 2.69. The van der Waals surface area contributed by atoms with Crippen molar-refractivity contribution in [2.75, 3.05) is 18.5 Å². The van der Waals surface area contributed by atoms with E-state index < -0.39 is 11.8 Å². The van der Waals surface area contributed by atoms with E-state index in [9.17, 15) is 9.59 Å². The fourth-order valence-electron chi connectivity index (χ4n) is 2.13. The summed E-state index contributed by atoms with van der Waals surface area (Å²) in [5.74, 6) is -0.456. The summed E-state index contributed by atoms with van der Waals surface area (Å²) < 4.78 is 10.8. The summed E-state index contributed by atoms with van der Waals surface area (Å²) >= 11 is 6.08. The number of hydrazone groups is 1. The van der Waals surface area contributed by atoms with Gasteiger partial charge in [-0.25, -0.2) is 5.43 Å². The molecule has 0 aliphatic carbocycles. The smallest absolute Gasteiger partial charge is 0.329 e. The van der Waals surface area contributed by atoms with Gasteiger partial charge in [-0.05, 0) is 61.4 Å². The molecule has 28 heavy (non-hydrogen) atoms. The first-order valence-electron chi connectivity index (χ1n) is 8.83. The molecule has 0 fully saturated rings. The summed E-state index contributed by atoms with van der Waals surface area (Å²) in [4.78, 5) is 23.8. The van der Waals surface area contributed by atoms with Crippen molar-refractivity contribution in [2.24, 2.45) is 5.10 Å². The van der Waals surface area contributed by atoms with E-state index >= 15 is 0 Å². The molecule has 0 atom stereocenters. The highest BCUT2D eigenvalue weighted by Crippen LogP contribution is 2.24. The van der Waals surface area contributed by atoms with Gasteiger partial charge in [0.05, 0.1) is 24.5 Å². The van der Waals surface area contributed by atoms with Crippen molar-refractivity contribution in [1.29, 1.82) is 0 Å². The van der Waals surface area contributed by atoms with E-state index in [0.29, 0.717) is 41.0 Å². The number of benzene rings is 2. The zero-order chi connectivity index (χ0) is 20.4. The third-order valence-corrected chi connectivity index (χ3v) is 3.72. The van der Waals surface area contributed by atoms with Crippen LogP contribution in [0, 0.1) is 0 Å². The lowest BCUT2D eigenvalue weighted by Crippen LogP contribution is -2.32. The second kappa shape index (κ2) is 10.9. The number of amides is 2. The Kier molecular flexibility index (Phi) is 8.30. The van der Waals surface area contributed by atoms with Crippen molar-refractivity contribution in [3.05, 3.63) is 53.1 Å². The number of carbonyl (C=O) groups excluding carboxylic acids is 2. The minimum absolute atomic E-state index is 0.432. The van der Waals surface area contributed by atoms with Crippen molar-refractivity contribution in [3.8, 4) is 11.5 Å². The Morgan fingerprint density at radius 1 is 1.07 bits per heavy atom. The molecule has 0 heterocycles. The number of halogens is 1. The maximum Gasteiger partial charge on any atom is 0.329 e. The average molecular weight is 404 g/mol. The van der Waals surface area contributed by atoms with Gasteiger partial charge in [-0.3, -0.25) is 9.59 Å². The normalized spacial score (nSPS) is 10.5. The van der Waals surface area contributed by atoms with E-state index in [0.717, 1.165) is 6.42 Å². The summed E-state index contributed by atoms with van der Waals surface area (Å²) in [5.41, 5.74) is 3.30. The maximum atomic E-state index is 11.9. The topological polar surface area (TPSA) is 89.0 Å². The highest BCUT2D eigenvalue weighted by Gasteiger charge is 2.12. The molecule has 0 bridgehead atoms. The summed E-state index contributed by atoms with van der Waals surface area (Å²) in [6, 6.07) is 11.8. The second-order valence-electron chi connectivity index (χ2n) is 5.65. The zero-order valence-electron chi connectivity index (χ0n) is 15.7. The number of anilines is 1. The van der Waals surface area contributed by atoms with Crippen LogP contribution in [0.5, 0.6) is 11.5 Å². The number of hydrogen-bond acceptors (Lipinski definition) is 5. The SMILES string of the molecule is CCCOc1ccc(NC(=O)C(=O)N/N=C\c2ccc(OCC)c(Cl)c2)cc1. The number of nitrogens with one attached hydrogen (secondary N) is 2. The van der Waals surface area contributed by atoms with Gasteiger partial charge in [-0.1, -0.05) is 18.5 Å². The summed E-state index contributed by atoms with van der Waals surface area (Å²) in [6.07, 6.45) is 2.29. The van der Waals surface area contributed by atoms with Crippen LogP contribution in [-0.2, 0) is 9.59 Å². The molecule has 148 valence electrons. The van der Waals surface area contributed by atoms with Gasteiger partial charge in [-0.2, -0.15) is 5.10 Å². The van der Waals surface area contributed by atoms with Crippen LogP contribution < -0.4 is 20.2 Å².